The van der Waals surface area contributed by atoms with Crippen LogP contribution in [0, 0.1) is 46.3 Å². The maximum absolute atomic E-state index is 12.1. The molecule has 0 bridgehead atoms. The number of carboxylic acid groups (broad SMARTS) is 1. The zero-order valence-electron chi connectivity index (χ0n) is 23.0. The minimum Gasteiger partial charge on any atom is -0.481 e. The third-order valence-electron chi connectivity index (χ3n) is 11.1. The normalized spacial score (nSPS) is 39.3. The molecule has 8 atom stereocenters. The molecule has 0 aliphatic heterocycles. The molecule has 4 aliphatic rings. The molecule has 4 nitrogen and oxygen atoms in total. The summed E-state index contributed by atoms with van der Waals surface area (Å²) < 4.78 is 5.70. The summed E-state index contributed by atoms with van der Waals surface area (Å²) in [7, 11) is 0. The molecule has 1 N–H and O–H groups in total. The van der Waals surface area contributed by atoms with Crippen molar-refractivity contribution < 1.29 is 19.4 Å². The monoisotopic (exact) mass is 486 g/mol. The second-order valence-electron chi connectivity index (χ2n) is 13.5. The van der Waals surface area contributed by atoms with Gasteiger partial charge >= 0.3 is 11.9 Å². The molecule has 0 aromatic heterocycles. The Morgan fingerprint density at radius 1 is 1.03 bits per heavy atom. The van der Waals surface area contributed by atoms with Gasteiger partial charge in [0, 0.05) is 6.42 Å². The average molecular weight is 487 g/mol. The first-order valence-corrected chi connectivity index (χ1v) is 14.7. The van der Waals surface area contributed by atoms with Gasteiger partial charge in [-0.15, -0.1) is 0 Å². The second kappa shape index (κ2) is 10.6. The molecule has 4 rings (SSSR count). The molecule has 0 aromatic rings. The number of aliphatic carboxylic acids is 1. The summed E-state index contributed by atoms with van der Waals surface area (Å²) in [5.74, 6) is 3.68. The summed E-state index contributed by atoms with van der Waals surface area (Å²) >= 11 is 0. The van der Waals surface area contributed by atoms with Crippen LogP contribution in [0.15, 0.2) is 11.6 Å². The molecular formula is C31H50O4. The van der Waals surface area contributed by atoms with E-state index in [0.29, 0.717) is 5.41 Å². The van der Waals surface area contributed by atoms with Gasteiger partial charge in [0.25, 0.3) is 0 Å². The lowest BCUT2D eigenvalue weighted by Gasteiger charge is -2.58. The highest BCUT2D eigenvalue weighted by Gasteiger charge is 2.59. The van der Waals surface area contributed by atoms with Crippen molar-refractivity contribution in [2.75, 3.05) is 0 Å². The Kier molecular flexibility index (Phi) is 8.08. The predicted molar refractivity (Wildman–Crippen MR) is 140 cm³/mol. The van der Waals surface area contributed by atoms with Crippen molar-refractivity contribution in [1.82, 2.24) is 0 Å². The smallest absolute Gasteiger partial charge is 0.306 e. The van der Waals surface area contributed by atoms with Crippen molar-refractivity contribution in [2.45, 2.75) is 124 Å². The van der Waals surface area contributed by atoms with Crippen molar-refractivity contribution in [3.63, 3.8) is 0 Å². The quantitative estimate of drug-likeness (QED) is 0.267. The number of ether oxygens (including phenoxy) is 1. The largest absolute Gasteiger partial charge is 0.481 e. The molecule has 0 aromatic carbocycles. The Morgan fingerprint density at radius 2 is 1.80 bits per heavy atom. The molecule has 0 heterocycles. The number of hydrogen-bond donors (Lipinski definition) is 1. The van der Waals surface area contributed by atoms with E-state index in [1.165, 1.54) is 56.9 Å². The molecule has 35 heavy (non-hydrogen) atoms. The van der Waals surface area contributed by atoms with E-state index in [1.54, 1.807) is 0 Å². The summed E-state index contributed by atoms with van der Waals surface area (Å²) in [5.41, 5.74) is 2.27. The maximum atomic E-state index is 12.1. The van der Waals surface area contributed by atoms with Gasteiger partial charge in [-0.3, -0.25) is 9.59 Å². The van der Waals surface area contributed by atoms with Crippen LogP contribution < -0.4 is 0 Å². The lowest BCUT2D eigenvalue weighted by molar-refractivity contribution is -0.154. The van der Waals surface area contributed by atoms with Crippen molar-refractivity contribution >= 4 is 11.9 Å². The van der Waals surface area contributed by atoms with Gasteiger partial charge in [-0.2, -0.15) is 0 Å². The number of esters is 1. The van der Waals surface area contributed by atoms with Crippen LogP contribution in [-0.2, 0) is 14.3 Å². The lowest BCUT2D eigenvalue weighted by atomic mass is 9.47. The molecule has 0 radical (unpaired) electrons. The maximum Gasteiger partial charge on any atom is 0.306 e. The Labute approximate surface area is 213 Å². The van der Waals surface area contributed by atoms with Gasteiger partial charge in [-0.25, -0.2) is 0 Å². The third kappa shape index (κ3) is 5.37. The van der Waals surface area contributed by atoms with E-state index in [9.17, 15) is 9.59 Å². The highest BCUT2D eigenvalue weighted by molar-refractivity contribution is 5.76. The summed E-state index contributed by atoms with van der Waals surface area (Å²) in [6.45, 7) is 12.4. The van der Waals surface area contributed by atoms with E-state index in [-0.39, 0.29) is 30.3 Å². The standard InChI is InChI=1S/C31H50O4/c1-20(2)7-6-8-21(3)25-11-12-26-24-10-9-22-19-23(35-29(34)14-13-28(32)33)15-17-30(22,4)27(24)16-18-31(25,26)5/h9,20-21,23-27H,6-8,10-19H2,1-5H3,(H,32,33). The molecule has 3 fully saturated rings. The number of carbonyl (C=O) groups excluding carboxylic acids is 1. The minimum absolute atomic E-state index is 0.0236. The van der Waals surface area contributed by atoms with Gasteiger partial charge in [0.05, 0.1) is 12.8 Å². The van der Waals surface area contributed by atoms with Crippen LogP contribution in [0.2, 0.25) is 0 Å². The number of rotatable bonds is 9. The molecule has 198 valence electrons. The number of hydrogen-bond acceptors (Lipinski definition) is 3. The fourth-order valence-corrected chi connectivity index (χ4v) is 9.21. The zero-order chi connectivity index (χ0) is 25.4. The van der Waals surface area contributed by atoms with E-state index < -0.39 is 5.97 Å². The van der Waals surface area contributed by atoms with Crippen LogP contribution >= 0.6 is 0 Å². The van der Waals surface area contributed by atoms with Gasteiger partial charge in [0.15, 0.2) is 0 Å². The van der Waals surface area contributed by atoms with Crippen LogP contribution in [0.25, 0.3) is 0 Å². The Morgan fingerprint density at radius 3 is 2.51 bits per heavy atom. The van der Waals surface area contributed by atoms with Crippen LogP contribution in [0.5, 0.6) is 0 Å². The van der Waals surface area contributed by atoms with Crippen LogP contribution in [0.3, 0.4) is 0 Å². The van der Waals surface area contributed by atoms with Gasteiger partial charge in [0.1, 0.15) is 6.10 Å². The van der Waals surface area contributed by atoms with E-state index in [4.69, 9.17) is 9.84 Å². The topological polar surface area (TPSA) is 63.6 Å². The summed E-state index contributed by atoms with van der Waals surface area (Å²) in [6.07, 6.45) is 16.0. The number of allylic oxidation sites excluding steroid dienone is 1. The highest BCUT2D eigenvalue weighted by Crippen LogP contribution is 2.67. The molecule has 8 unspecified atom stereocenters. The molecule has 0 saturated heterocycles. The van der Waals surface area contributed by atoms with E-state index >= 15 is 0 Å². The third-order valence-corrected chi connectivity index (χ3v) is 11.1. The SMILES string of the molecule is CC(C)CCCC(C)C1CCC2C3CC=C4CC(OC(=O)CCC(=O)O)CCC4(C)C3CCC12C. The molecule has 4 heteroatoms. The van der Waals surface area contributed by atoms with Gasteiger partial charge in [0.2, 0.25) is 0 Å². The highest BCUT2D eigenvalue weighted by atomic mass is 16.5. The van der Waals surface area contributed by atoms with Crippen LogP contribution in [-0.4, -0.2) is 23.1 Å². The Bertz CT molecular complexity index is 815. The Hall–Kier alpha value is -1.32. The second-order valence-corrected chi connectivity index (χ2v) is 13.5. The number of carbonyl (C=O) groups is 2. The molecule has 4 aliphatic carbocycles. The fraction of sp³-hybridized carbons (Fsp3) is 0.871. The first kappa shape index (κ1) is 26.7. The zero-order valence-corrected chi connectivity index (χ0v) is 23.0. The van der Waals surface area contributed by atoms with Gasteiger partial charge < -0.3 is 9.84 Å². The van der Waals surface area contributed by atoms with Crippen molar-refractivity contribution in [2.24, 2.45) is 46.3 Å². The van der Waals surface area contributed by atoms with E-state index in [0.717, 1.165) is 54.8 Å². The fourth-order valence-electron chi connectivity index (χ4n) is 9.21. The average Bonchev–Trinajstić information content (AvgIpc) is 3.15. The predicted octanol–water partition coefficient (Wildman–Crippen LogP) is 7.80. The van der Waals surface area contributed by atoms with E-state index in [1.807, 2.05) is 0 Å². The Balaban J connectivity index is 1.40. The first-order chi connectivity index (χ1) is 16.5. The summed E-state index contributed by atoms with van der Waals surface area (Å²) in [5, 5.41) is 8.84. The number of carboxylic acids is 1. The van der Waals surface area contributed by atoms with Crippen molar-refractivity contribution in [3.05, 3.63) is 11.6 Å². The minimum atomic E-state index is -0.942. The molecular weight excluding hydrogens is 436 g/mol. The molecule has 3 saturated carbocycles. The number of fused-ring (bicyclic) bond motifs is 5. The van der Waals surface area contributed by atoms with Crippen LogP contribution in [0.4, 0.5) is 0 Å². The molecule has 0 spiro atoms. The summed E-state index contributed by atoms with van der Waals surface area (Å²) in [6, 6.07) is 0. The molecule has 0 amide bonds. The van der Waals surface area contributed by atoms with Gasteiger partial charge in [-0.1, -0.05) is 65.5 Å². The summed E-state index contributed by atoms with van der Waals surface area (Å²) in [4.78, 5) is 22.9. The first-order valence-electron chi connectivity index (χ1n) is 14.7. The van der Waals surface area contributed by atoms with Crippen molar-refractivity contribution in [1.29, 1.82) is 0 Å². The lowest BCUT2D eigenvalue weighted by Crippen LogP contribution is -2.51. The van der Waals surface area contributed by atoms with Crippen LogP contribution in [0.1, 0.15) is 118 Å². The van der Waals surface area contributed by atoms with Crippen molar-refractivity contribution in [3.8, 4) is 0 Å². The van der Waals surface area contributed by atoms with Gasteiger partial charge in [-0.05, 0) is 91.3 Å². The van der Waals surface area contributed by atoms with E-state index in [2.05, 4.69) is 40.7 Å².